The number of likely N-dealkylation sites (tertiary alicyclic amines) is 1. The first-order chi connectivity index (χ1) is 10.8. The topological polar surface area (TPSA) is 29.5 Å². The van der Waals surface area contributed by atoms with Crippen LogP contribution in [0.3, 0.4) is 0 Å². The quantitative estimate of drug-likeness (QED) is 0.642. The zero-order valence-corrected chi connectivity index (χ0v) is 12.0. The van der Waals surface area contributed by atoms with Gasteiger partial charge in [-0.2, -0.15) is 0 Å². The Hall–Kier alpha value is -2.99. The third kappa shape index (κ3) is 2.72. The fourth-order valence-electron chi connectivity index (χ4n) is 2.27. The number of hydrogen-bond donors (Lipinski definition) is 0. The number of amides is 1. The van der Waals surface area contributed by atoms with Crippen LogP contribution in [0.4, 0.5) is 0 Å². The zero-order chi connectivity index (χ0) is 15.4. The summed E-state index contributed by atoms with van der Waals surface area (Å²) in [5.41, 5.74) is 0.907. The Morgan fingerprint density at radius 2 is 1.68 bits per heavy atom. The van der Waals surface area contributed by atoms with Crippen molar-refractivity contribution in [3.63, 3.8) is 0 Å². The van der Waals surface area contributed by atoms with Gasteiger partial charge in [0.2, 0.25) is 6.10 Å². The lowest BCUT2D eigenvalue weighted by Gasteiger charge is -2.41. The third-order valence-corrected chi connectivity index (χ3v) is 3.43. The lowest BCUT2D eigenvalue weighted by Crippen LogP contribution is -2.64. The Labute approximate surface area is 129 Å². The van der Waals surface area contributed by atoms with Crippen LogP contribution in [0.15, 0.2) is 73.4 Å². The van der Waals surface area contributed by atoms with E-state index in [1.54, 1.807) is 0 Å². The van der Waals surface area contributed by atoms with E-state index in [0.717, 1.165) is 5.56 Å². The summed E-state index contributed by atoms with van der Waals surface area (Å²) in [7, 11) is 0. The Kier molecular flexibility index (Phi) is 3.93. The molecule has 2 aromatic rings. The molecule has 1 aliphatic rings. The molecule has 3 nitrogen and oxygen atoms in total. The molecule has 0 spiro atoms. The van der Waals surface area contributed by atoms with Crippen molar-refractivity contribution in [2.75, 3.05) is 0 Å². The van der Waals surface area contributed by atoms with Crippen molar-refractivity contribution < 1.29 is 9.53 Å². The normalized spacial score (nSPS) is 19.6. The fraction of sp³-hybridized carbons (Fsp3) is 0.105. The van der Waals surface area contributed by atoms with E-state index in [1.165, 1.54) is 11.1 Å². The highest BCUT2D eigenvalue weighted by Gasteiger charge is 2.47. The van der Waals surface area contributed by atoms with Crippen molar-refractivity contribution in [3.05, 3.63) is 79.0 Å². The number of benzene rings is 2. The molecule has 0 radical (unpaired) electrons. The number of rotatable bonds is 3. The van der Waals surface area contributed by atoms with Crippen LogP contribution in [0.25, 0.3) is 0 Å². The molecule has 1 amide bonds. The van der Waals surface area contributed by atoms with Gasteiger partial charge in [0, 0.05) is 11.8 Å². The summed E-state index contributed by atoms with van der Waals surface area (Å²) in [5, 5.41) is 0. The number of para-hydroxylation sites is 1. The molecule has 108 valence electrons. The Bertz CT molecular complexity index is 728. The predicted octanol–water partition coefficient (Wildman–Crippen LogP) is 2.84. The van der Waals surface area contributed by atoms with Crippen LogP contribution in [-0.2, 0) is 4.79 Å². The Morgan fingerprint density at radius 3 is 2.32 bits per heavy atom. The molecule has 2 atom stereocenters. The van der Waals surface area contributed by atoms with Crippen LogP contribution in [0.1, 0.15) is 5.56 Å². The van der Waals surface area contributed by atoms with Crippen molar-refractivity contribution in [1.29, 1.82) is 0 Å². The largest absolute Gasteiger partial charge is 0.477 e. The van der Waals surface area contributed by atoms with Crippen LogP contribution in [0, 0.1) is 11.8 Å². The number of ether oxygens (including phenoxy) is 1. The SMILES string of the molecule is C=CN1C(=O)[C@@H](Oc2ccccc2)[C@@H]1C#Cc1ccccc1. The van der Waals surface area contributed by atoms with E-state index in [1.807, 2.05) is 60.7 Å². The lowest BCUT2D eigenvalue weighted by molar-refractivity contribution is -0.153. The molecule has 0 unspecified atom stereocenters. The second-order valence-corrected chi connectivity index (χ2v) is 4.86. The van der Waals surface area contributed by atoms with E-state index >= 15 is 0 Å². The summed E-state index contributed by atoms with van der Waals surface area (Å²) >= 11 is 0. The van der Waals surface area contributed by atoms with Crippen LogP contribution in [0.2, 0.25) is 0 Å². The third-order valence-electron chi connectivity index (χ3n) is 3.43. The van der Waals surface area contributed by atoms with Crippen molar-refractivity contribution in [3.8, 4) is 17.6 Å². The van der Waals surface area contributed by atoms with Gasteiger partial charge in [0.1, 0.15) is 11.8 Å². The Balaban J connectivity index is 1.79. The molecule has 0 aliphatic carbocycles. The zero-order valence-electron chi connectivity index (χ0n) is 12.0. The van der Waals surface area contributed by atoms with Gasteiger partial charge in [-0.05, 0) is 24.3 Å². The lowest BCUT2D eigenvalue weighted by atomic mass is 9.98. The number of hydrogen-bond acceptors (Lipinski definition) is 2. The van der Waals surface area contributed by atoms with Crippen molar-refractivity contribution >= 4 is 5.91 Å². The van der Waals surface area contributed by atoms with E-state index in [4.69, 9.17) is 4.74 Å². The minimum absolute atomic E-state index is 0.119. The maximum Gasteiger partial charge on any atom is 0.272 e. The second-order valence-electron chi connectivity index (χ2n) is 4.86. The average Bonchev–Trinajstić information content (AvgIpc) is 2.58. The van der Waals surface area contributed by atoms with Crippen LogP contribution in [-0.4, -0.2) is 23.0 Å². The van der Waals surface area contributed by atoms with Crippen LogP contribution in [0.5, 0.6) is 5.75 Å². The molecule has 1 fully saturated rings. The number of carbonyl (C=O) groups is 1. The first kappa shape index (κ1) is 14.0. The van der Waals surface area contributed by atoms with Crippen LogP contribution >= 0.6 is 0 Å². The molecule has 1 heterocycles. The maximum atomic E-state index is 12.1. The molecule has 0 aromatic heterocycles. The summed E-state index contributed by atoms with van der Waals surface area (Å²) in [6.07, 6.45) is 0.911. The molecular formula is C19H15NO2. The Morgan fingerprint density at radius 1 is 1.05 bits per heavy atom. The van der Waals surface area contributed by atoms with Gasteiger partial charge in [-0.15, -0.1) is 0 Å². The number of nitrogens with zero attached hydrogens (tertiary/aromatic N) is 1. The highest BCUT2D eigenvalue weighted by molar-refractivity contribution is 5.91. The molecular weight excluding hydrogens is 274 g/mol. The van der Waals surface area contributed by atoms with E-state index in [-0.39, 0.29) is 11.9 Å². The molecule has 0 saturated carbocycles. The number of carbonyl (C=O) groups excluding carboxylic acids is 1. The second kappa shape index (κ2) is 6.19. The van der Waals surface area contributed by atoms with Gasteiger partial charge < -0.3 is 4.74 Å². The summed E-state index contributed by atoms with van der Waals surface area (Å²) in [6.45, 7) is 3.66. The molecule has 0 N–H and O–H groups in total. The highest BCUT2D eigenvalue weighted by Crippen LogP contribution is 2.25. The summed E-state index contributed by atoms with van der Waals surface area (Å²) in [4.78, 5) is 13.6. The maximum absolute atomic E-state index is 12.1. The first-order valence-electron chi connectivity index (χ1n) is 7.02. The van der Waals surface area contributed by atoms with Gasteiger partial charge in [-0.25, -0.2) is 0 Å². The van der Waals surface area contributed by atoms with E-state index in [2.05, 4.69) is 18.4 Å². The van der Waals surface area contributed by atoms with Gasteiger partial charge >= 0.3 is 0 Å². The monoisotopic (exact) mass is 289 g/mol. The van der Waals surface area contributed by atoms with Gasteiger partial charge in [0.05, 0.1) is 0 Å². The van der Waals surface area contributed by atoms with Crippen molar-refractivity contribution in [2.45, 2.75) is 12.1 Å². The molecule has 1 aliphatic heterocycles. The smallest absolute Gasteiger partial charge is 0.272 e. The molecule has 3 heteroatoms. The summed E-state index contributed by atoms with van der Waals surface area (Å²) in [5.74, 6) is 6.72. The van der Waals surface area contributed by atoms with E-state index in [9.17, 15) is 4.79 Å². The number of β-lactam (4-membered cyclic amide) rings is 1. The summed E-state index contributed by atoms with van der Waals surface area (Å²) < 4.78 is 5.75. The predicted molar refractivity (Wildman–Crippen MR) is 85.0 cm³/mol. The highest BCUT2D eigenvalue weighted by atomic mass is 16.5. The molecule has 1 saturated heterocycles. The fourth-order valence-corrected chi connectivity index (χ4v) is 2.27. The van der Waals surface area contributed by atoms with Gasteiger partial charge in [-0.3, -0.25) is 9.69 Å². The average molecular weight is 289 g/mol. The van der Waals surface area contributed by atoms with Crippen LogP contribution < -0.4 is 4.74 Å². The minimum atomic E-state index is -0.586. The summed E-state index contributed by atoms with van der Waals surface area (Å²) in [6, 6.07) is 18.6. The first-order valence-corrected chi connectivity index (χ1v) is 7.02. The van der Waals surface area contributed by atoms with Crippen molar-refractivity contribution in [2.24, 2.45) is 0 Å². The molecule has 22 heavy (non-hydrogen) atoms. The van der Waals surface area contributed by atoms with Gasteiger partial charge in [-0.1, -0.05) is 54.8 Å². The minimum Gasteiger partial charge on any atom is -0.477 e. The van der Waals surface area contributed by atoms with Crippen molar-refractivity contribution in [1.82, 2.24) is 4.90 Å². The molecule has 2 aromatic carbocycles. The van der Waals surface area contributed by atoms with Gasteiger partial charge in [0.25, 0.3) is 5.91 Å². The standard InChI is InChI=1S/C19H15NO2/c1-2-20-17(14-13-15-9-5-3-6-10-15)18(19(20)21)22-16-11-7-4-8-12-16/h2-12,17-18H,1H2/t17-,18-/m0/s1. The van der Waals surface area contributed by atoms with E-state index in [0.29, 0.717) is 5.75 Å². The molecule has 3 rings (SSSR count). The molecule has 0 bridgehead atoms. The van der Waals surface area contributed by atoms with Gasteiger partial charge in [0.15, 0.2) is 0 Å². The van der Waals surface area contributed by atoms with E-state index < -0.39 is 6.10 Å².